The van der Waals surface area contributed by atoms with E-state index in [-0.39, 0.29) is 11.8 Å². The van der Waals surface area contributed by atoms with Gasteiger partial charge in [0.05, 0.1) is 0 Å². The summed E-state index contributed by atoms with van der Waals surface area (Å²) in [7, 11) is 3.42. The molecule has 1 aliphatic heterocycles. The van der Waals surface area contributed by atoms with Crippen LogP contribution in [0.2, 0.25) is 0 Å². The van der Waals surface area contributed by atoms with Crippen molar-refractivity contribution >= 4 is 17.5 Å². The minimum atomic E-state index is -0.657. The number of quaternary nitrogens is 1. The SMILES string of the molecule is CN(C)C(=O)[C@@H](c1ccc(-c2ccc3ncnn3c2)cc1)[C@H]([NH3+])C(=O)N1CCCC1. The second-order valence-electron chi connectivity index (χ2n) is 7.95. The maximum atomic E-state index is 13.0. The number of benzene rings is 1. The molecule has 0 spiro atoms. The van der Waals surface area contributed by atoms with E-state index in [2.05, 4.69) is 15.8 Å². The molecule has 2 atom stereocenters. The number of fused-ring (bicyclic) bond motifs is 1. The van der Waals surface area contributed by atoms with E-state index in [0.29, 0.717) is 0 Å². The first-order valence-corrected chi connectivity index (χ1v) is 10.2. The number of nitrogens with zero attached hydrogens (tertiary/aromatic N) is 5. The highest BCUT2D eigenvalue weighted by molar-refractivity contribution is 5.92. The van der Waals surface area contributed by atoms with Gasteiger partial charge in [-0.2, -0.15) is 5.10 Å². The van der Waals surface area contributed by atoms with Crippen molar-refractivity contribution in [1.29, 1.82) is 0 Å². The summed E-state index contributed by atoms with van der Waals surface area (Å²) in [4.78, 5) is 33.4. The molecule has 1 saturated heterocycles. The quantitative estimate of drug-likeness (QED) is 0.676. The molecule has 8 heteroatoms. The van der Waals surface area contributed by atoms with Gasteiger partial charge >= 0.3 is 0 Å². The Morgan fingerprint density at radius 1 is 1.03 bits per heavy atom. The summed E-state index contributed by atoms with van der Waals surface area (Å²) in [5.74, 6) is -0.771. The number of hydrogen-bond donors (Lipinski definition) is 1. The molecule has 30 heavy (non-hydrogen) atoms. The molecule has 1 aliphatic rings. The Hall–Kier alpha value is -3.26. The van der Waals surface area contributed by atoms with Crippen LogP contribution >= 0.6 is 0 Å². The van der Waals surface area contributed by atoms with E-state index in [1.807, 2.05) is 47.5 Å². The number of pyridine rings is 1. The predicted octanol–water partition coefficient (Wildman–Crippen LogP) is 0.801. The highest BCUT2D eigenvalue weighted by Gasteiger charge is 2.39. The van der Waals surface area contributed by atoms with Crippen LogP contribution in [0.15, 0.2) is 48.9 Å². The first-order valence-electron chi connectivity index (χ1n) is 10.2. The highest BCUT2D eigenvalue weighted by Crippen LogP contribution is 2.26. The fraction of sp³-hybridized carbons (Fsp3) is 0.364. The van der Waals surface area contributed by atoms with Crippen LogP contribution in [0.25, 0.3) is 16.8 Å². The molecule has 1 aromatic carbocycles. The zero-order valence-electron chi connectivity index (χ0n) is 17.4. The third kappa shape index (κ3) is 3.78. The van der Waals surface area contributed by atoms with Crippen LogP contribution < -0.4 is 5.73 Å². The number of likely N-dealkylation sites (N-methyl/N-ethyl adjacent to an activating group) is 1. The molecule has 2 aromatic heterocycles. The van der Waals surface area contributed by atoms with Gasteiger partial charge in [0, 0.05) is 38.9 Å². The monoisotopic (exact) mass is 407 g/mol. The summed E-state index contributed by atoms with van der Waals surface area (Å²) in [6, 6.07) is 11.0. The molecule has 2 amide bonds. The van der Waals surface area contributed by atoms with Crippen LogP contribution in [0.5, 0.6) is 0 Å². The number of likely N-dealkylation sites (tertiary alicyclic amines) is 1. The summed E-state index contributed by atoms with van der Waals surface area (Å²) in [6.07, 6.45) is 5.46. The summed E-state index contributed by atoms with van der Waals surface area (Å²) < 4.78 is 1.72. The van der Waals surface area contributed by atoms with Crippen LogP contribution in [-0.2, 0) is 9.59 Å². The van der Waals surface area contributed by atoms with Crippen LogP contribution in [-0.4, -0.2) is 69.4 Å². The largest absolute Gasteiger partial charge is 0.348 e. The van der Waals surface area contributed by atoms with Gasteiger partial charge in [0.1, 0.15) is 12.2 Å². The summed E-state index contributed by atoms with van der Waals surface area (Å²) in [5.41, 5.74) is 7.69. The van der Waals surface area contributed by atoms with Crippen molar-refractivity contribution in [3.05, 3.63) is 54.5 Å². The smallest absolute Gasteiger partial charge is 0.281 e. The Morgan fingerprint density at radius 3 is 2.37 bits per heavy atom. The number of amides is 2. The topological polar surface area (TPSA) is 98.5 Å². The van der Waals surface area contributed by atoms with Crippen molar-refractivity contribution in [3.63, 3.8) is 0 Å². The lowest BCUT2D eigenvalue weighted by atomic mass is 9.88. The maximum Gasteiger partial charge on any atom is 0.281 e. The first-order chi connectivity index (χ1) is 14.5. The van der Waals surface area contributed by atoms with Gasteiger partial charge < -0.3 is 15.5 Å². The van der Waals surface area contributed by atoms with E-state index in [4.69, 9.17) is 0 Å². The van der Waals surface area contributed by atoms with Gasteiger partial charge in [0.2, 0.25) is 5.91 Å². The summed E-state index contributed by atoms with van der Waals surface area (Å²) in [6.45, 7) is 1.49. The molecule has 1 fully saturated rings. The Bertz CT molecular complexity index is 1050. The van der Waals surface area contributed by atoms with E-state index >= 15 is 0 Å². The number of carbonyl (C=O) groups excluding carboxylic acids is 2. The lowest BCUT2D eigenvalue weighted by Crippen LogP contribution is -2.71. The van der Waals surface area contributed by atoms with Crippen molar-refractivity contribution in [2.45, 2.75) is 24.8 Å². The van der Waals surface area contributed by atoms with Gasteiger partial charge in [-0.1, -0.05) is 24.3 Å². The maximum absolute atomic E-state index is 13.0. The number of rotatable bonds is 5. The predicted molar refractivity (Wildman–Crippen MR) is 112 cm³/mol. The van der Waals surface area contributed by atoms with Crippen molar-refractivity contribution in [3.8, 4) is 11.1 Å². The lowest BCUT2D eigenvalue weighted by molar-refractivity contribution is -0.409. The lowest BCUT2D eigenvalue weighted by Gasteiger charge is -2.26. The molecule has 0 unspecified atom stereocenters. The number of carbonyl (C=O) groups is 2. The van der Waals surface area contributed by atoms with E-state index in [9.17, 15) is 9.59 Å². The minimum Gasteiger partial charge on any atom is -0.348 e. The Morgan fingerprint density at radius 2 is 1.70 bits per heavy atom. The standard InChI is InChI=1S/C22H26N6O2/c1-26(2)21(29)19(20(23)22(30)27-11-3-4-12-27)16-7-5-15(6-8-16)17-9-10-18-24-14-25-28(18)13-17/h5-10,13-14,19-20H,3-4,11-12,23H2,1-2H3/p+1/t19-,20-/m0/s1. The zero-order chi connectivity index (χ0) is 21.3. The van der Waals surface area contributed by atoms with Gasteiger partial charge in [0.25, 0.3) is 5.91 Å². The van der Waals surface area contributed by atoms with Crippen molar-refractivity contribution in [2.75, 3.05) is 27.2 Å². The molecular weight excluding hydrogens is 380 g/mol. The van der Waals surface area contributed by atoms with Gasteiger partial charge in [-0.3, -0.25) is 9.59 Å². The molecule has 0 bridgehead atoms. The molecule has 156 valence electrons. The van der Waals surface area contributed by atoms with E-state index in [0.717, 1.165) is 48.3 Å². The van der Waals surface area contributed by atoms with Crippen LogP contribution in [0.1, 0.15) is 24.3 Å². The van der Waals surface area contributed by atoms with Crippen molar-refractivity contribution in [2.24, 2.45) is 0 Å². The summed E-state index contributed by atoms with van der Waals surface area (Å²) >= 11 is 0. The molecular formula is C22H27N6O2+. The average Bonchev–Trinajstić information content (AvgIpc) is 3.45. The Kier molecular flexibility index (Phi) is 5.50. The third-order valence-corrected chi connectivity index (χ3v) is 5.72. The molecule has 3 N–H and O–H groups in total. The van der Waals surface area contributed by atoms with Gasteiger partial charge in [-0.15, -0.1) is 0 Å². The van der Waals surface area contributed by atoms with Gasteiger partial charge in [0.15, 0.2) is 11.7 Å². The highest BCUT2D eigenvalue weighted by atomic mass is 16.2. The van der Waals surface area contributed by atoms with Crippen molar-refractivity contribution in [1.82, 2.24) is 24.4 Å². The molecule has 8 nitrogen and oxygen atoms in total. The normalized spacial score (nSPS) is 15.9. The van der Waals surface area contributed by atoms with Crippen LogP contribution in [0.3, 0.4) is 0 Å². The summed E-state index contributed by atoms with van der Waals surface area (Å²) in [5, 5.41) is 4.18. The van der Waals surface area contributed by atoms with Crippen LogP contribution in [0.4, 0.5) is 0 Å². The molecule has 4 rings (SSSR count). The Labute approximate surface area is 175 Å². The molecule has 0 saturated carbocycles. The fourth-order valence-electron chi connectivity index (χ4n) is 4.01. The van der Waals surface area contributed by atoms with Gasteiger partial charge in [-0.05, 0) is 36.1 Å². The zero-order valence-corrected chi connectivity index (χ0v) is 17.4. The van der Waals surface area contributed by atoms with E-state index in [1.54, 1.807) is 18.6 Å². The molecule has 3 heterocycles. The number of aromatic nitrogens is 3. The molecule has 0 aliphatic carbocycles. The fourth-order valence-corrected chi connectivity index (χ4v) is 4.01. The second-order valence-corrected chi connectivity index (χ2v) is 7.95. The first kappa shape index (κ1) is 20.0. The second kappa shape index (κ2) is 8.23. The molecule has 3 aromatic rings. The third-order valence-electron chi connectivity index (χ3n) is 5.72. The van der Waals surface area contributed by atoms with Crippen molar-refractivity contribution < 1.29 is 15.3 Å². The van der Waals surface area contributed by atoms with E-state index < -0.39 is 12.0 Å². The Balaban J connectivity index is 1.63. The average molecular weight is 407 g/mol. The minimum absolute atomic E-state index is 0.0478. The van der Waals surface area contributed by atoms with Crippen LogP contribution in [0, 0.1) is 0 Å². The van der Waals surface area contributed by atoms with Gasteiger partial charge in [-0.25, -0.2) is 9.50 Å². The number of hydrogen-bond acceptors (Lipinski definition) is 4. The molecule has 0 radical (unpaired) electrons. The van der Waals surface area contributed by atoms with E-state index in [1.165, 1.54) is 11.2 Å².